The lowest BCUT2D eigenvalue weighted by atomic mass is 10.1. The second-order valence-electron chi connectivity index (χ2n) is 7.16. The highest BCUT2D eigenvalue weighted by atomic mass is 16.5. The number of amides is 2. The molecule has 0 bridgehead atoms. The van der Waals surface area contributed by atoms with E-state index in [1.807, 2.05) is 0 Å². The molecule has 2 amide bonds. The molecule has 7 nitrogen and oxygen atoms in total. The lowest BCUT2D eigenvalue weighted by Crippen LogP contribution is -2.19. The van der Waals surface area contributed by atoms with Gasteiger partial charge in [0.25, 0.3) is 0 Å². The SMILES string of the molecule is COc1cc(NC(=O)[C@@H]2[C@H](C(=O)O)C2(C)C)ccc1NC(=O)C(C)C. The Morgan fingerprint density at radius 2 is 1.80 bits per heavy atom. The number of carboxylic acids is 1. The van der Waals surface area contributed by atoms with Gasteiger partial charge in [0.05, 0.1) is 24.6 Å². The second kappa shape index (κ2) is 6.74. The lowest BCUT2D eigenvalue weighted by Gasteiger charge is -2.14. The highest BCUT2D eigenvalue weighted by Gasteiger charge is 2.65. The Labute approximate surface area is 146 Å². The summed E-state index contributed by atoms with van der Waals surface area (Å²) in [4.78, 5) is 35.4. The topological polar surface area (TPSA) is 105 Å². The number of hydrogen-bond acceptors (Lipinski definition) is 4. The molecule has 1 aliphatic carbocycles. The fourth-order valence-corrected chi connectivity index (χ4v) is 2.96. The summed E-state index contributed by atoms with van der Waals surface area (Å²) in [6, 6.07) is 4.88. The molecular weight excluding hydrogens is 324 g/mol. The van der Waals surface area contributed by atoms with Crippen molar-refractivity contribution in [2.24, 2.45) is 23.2 Å². The largest absolute Gasteiger partial charge is 0.494 e. The zero-order chi connectivity index (χ0) is 18.9. The van der Waals surface area contributed by atoms with Gasteiger partial charge in [-0.2, -0.15) is 0 Å². The van der Waals surface area contributed by atoms with Crippen LogP contribution in [0.3, 0.4) is 0 Å². The minimum absolute atomic E-state index is 0.140. The minimum atomic E-state index is -0.963. The zero-order valence-corrected chi connectivity index (χ0v) is 15.0. The number of carboxylic acid groups (broad SMARTS) is 1. The van der Waals surface area contributed by atoms with Crippen molar-refractivity contribution >= 4 is 29.2 Å². The van der Waals surface area contributed by atoms with Gasteiger partial charge in [-0.1, -0.05) is 27.7 Å². The number of aliphatic carboxylic acids is 1. The first kappa shape index (κ1) is 18.8. The Morgan fingerprint density at radius 3 is 2.28 bits per heavy atom. The summed E-state index contributed by atoms with van der Waals surface area (Å²) in [5.74, 6) is -2.45. The van der Waals surface area contributed by atoms with E-state index >= 15 is 0 Å². The van der Waals surface area contributed by atoms with Crippen LogP contribution in [0.1, 0.15) is 27.7 Å². The summed E-state index contributed by atoms with van der Waals surface area (Å²) in [5.41, 5.74) is 0.427. The number of hydrogen-bond donors (Lipinski definition) is 3. The van der Waals surface area contributed by atoms with Crippen molar-refractivity contribution < 1.29 is 24.2 Å². The number of nitrogens with one attached hydrogen (secondary N) is 2. The van der Waals surface area contributed by atoms with E-state index in [1.54, 1.807) is 45.9 Å². The summed E-state index contributed by atoms with van der Waals surface area (Å²) in [5, 5.41) is 14.7. The lowest BCUT2D eigenvalue weighted by molar-refractivity contribution is -0.140. The molecule has 25 heavy (non-hydrogen) atoms. The van der Waals surface area contributed by atoms with Crippen LogP contribution in [-0.2, 0) is 14.4 Å². The first-order chi connectivity index (χ1) is 11.6. The van der Waals surface area contributed by atoms with E-state index in [0.717, 1.165) is 0 Å². The summed E-state index contributed by atoms with van der Waals surface area (Å²) in [7, 11) is 1.47. The predicted molar refractivity (Wildman–Crippen MR) is 93.5 cm³/mol. The molecule has 1 aliphatic rings. The standard InChI is InChI=1S/C18H24N2O5/c1-9(2)15(21)20-11-7-6-10(8-12(11)25-5)19-16(22)13-14(17(23)24)18(13,3)4/h6-9,13-14H,1-5H3,(H,19,22)(H,20,21)(H,23,24)/t13-,14+/m0/s1. The van der Waals surface area contributed by atoms with Crippen molar-refractivity contribution in [3.05, 3.63) is 18.2 Å². The van der Waals surface area contributed by atoms with Crippen LogP contribution in [0, 0.1) is 23.2 Å². The van der Waals surface area contributed by atoms with Crippen molar-refractivity contribution in [3.63, 3.8) is 0 Å². The third-order valence-corrected chi connectivity index (χ3v) is 4.63. The maximum atomic E-state index is 12.4. The number of benzene rings is 1. The van der Waals surface area contributed by atoms with Crippen LogP contribution >= 0.6 is 0 Å². The predicted octanol–water partition coefficient (Wildman–Crippen LogP) is 2.59. The van der Waals surface area contributed by atoms with Crippen LogP contribution in [0.2, 0.25) is 0 Å². The van der Waals surface area contributed by atoms with E-state index in [4.69, 9.17) is 4.74 Å². The Kier molecular flexibility index (Phi) is 5.06. The summed E-state index contributed by atoms with van der Waals surface area (Å²) < 4.78 is 5.26. The molecule has 3 N–H and O–H groups in total. The molecule has 0 radical (unpaired) electrons. The average molecular weight is 348 g/mol. The molecule has 136 valence electrons. The van der Waals surface area contributed by atoms with E-state index < -0.39 is 23.2 Å². The van der Waals surface area contributed by atoms with E-state index in [-0.39, 0.29) is 17.7 Å². The van der Waals surface area contributed by atoms with E-state index in [1.165, 1.54) is 7.11 Å². The molecule has 0 spiro atoms. The number of rotatable bonds is 6. The molecule has 1 fully saturated rings. The van der Waals surface area contributed by atoms with Gasteiger partial charge < -0.3 is 20.5 Å². The van der Waals surface area contributed by atoms with Crippen LogP contribution in [0.25, 0.3) is 0 Å². The van der Waals surface area contributed by atoms with Gasteiger partial charge >= 0.3 is 5.97 Å². The molecule has 0 heterocycles. The monoisotopic (exact) mass is 348 g/mol. The highest BCUT2D eigenvalue weighted by molar-refractivity contribution is 6.00. The van der Waals surface area contributed by atoms with Crippen LogP contribution in [0.15, 0.2) is 18.2 Å². The number of ether oxygens (including phenoxy) is 1. The first-order valence-corrected chi connectivity index (χ1v) is 8.12. The van der Waals surface area contributed by atoms with Gasteiger partial charge in [0, 0.05) is 17.7 Å². The average Bonchev–Trinajstić information content (AvgIpc) is 3.11. The number of methoxy groups -OCH3 is 1. The number of carbonyl (C=O) groups is 3. The second-order valence-corrected chi connectivity index (χ2v) is 7.16. The summed E-state index contributed by atoms with van der Waals surface area (Å²) >= 11 is 0. The van der Waals surface area contributed by atoms with Gasteiger partial charge in [-0.25, -0.2) is 0 Å². The Hall–Kier alpha value is -2.57. The van der Waals surface area contributed by atoms with E-state index in [0.29, 0.717) is 17.1 Å². The van der Waals surface area contributed by atoms with Gasteiger partial charge in [0.15, 0.2) is 0 Å². The van der Waals surface area contributed by atoms with Crippen molar-refractivity contribution in [3.8, 4) is 5.75 Å². The first-order valence-electron chi connectivity index (χ1n) is 8.12. The molecule has 0 saturated heterocycles. The molecule has 2 rings (SSSR count). The normalized spacial score (nSPS) is 20.7. The molecule has 1 aromatic carbocycles. The third kappa shape index (κ3) is 3.75. The Morgan fingerprint density at radius 1 is 1.16 bits per heavy atom. The molecule has 7 heteroatoms. The fraction of sp³-hybridized carbons (Fsp3) is 0.500. The number of carbonyl (C=O) groups excluding carboxylic acids is 2. The van der Waals surface area contributed by atoms with Gasteiger partial charge in [-0.15, -0.1) is 0 Å². The van der Waals surface area contributed by atoms with E-state index in [2.05, 4.69) is 10.6 Å². The molecule has 2 atom stereocenters. The minimum Gasteiger partial charge on any atom is -0.494 e. The van der Waals surface area contributed by atoms with Gasteiger partial charge in [0.1, 0.15) is 5.75 Å². The summed E-state index contributed by atoms with van der Waals surface area (Å²) in [6.45, 7) is 7.10. The fourth-order valence-electron chi connectivity index (χ4n) is 2.96. The van der Waals surface area contributed by atoms with E-state index in [9.17, 15) is 19.5 Å². The number of anilines is 2. The Balaban J connectivity index is 2.12. The van der Waals surface area contributed by atoms with Crippen LogP contribution in [0.5, 0.6) is 5.75 Å². The van der Waals surface area contributed by atoms with Gasteiger partial charge in [0.2, 0.25) is 11.8 Å². The van der Waals surface area contributed by atoms with Crippen molar-refractivity contribution in [2.45, 2.75) is 27.7 Å². The smallest absolute Gasteiger partial charge is 0.307 e. The Bertz CT molecular complexity index is 711. The maximum absolute atomic E-state index is 12.4. The third-order valence-electron chi connectivity index (χ3n) is 4.63. The van der Waals surface area contributed by atoms with Crippen molar-refractivity contribution in [1.82, 2.24) is 0 Å². The molecular formula is C18H24N2O5. The maximum Gasteiger partial charge on any atom is 0.307 e. The van der Waals surface area contributed by atoms with Crippen LogP contribution < -0.4 is 15.4 Å². The zero-order valence-electron chi connectivity index (χ0n) is 15.0. The van der Waals surface area contributed by atoms with Gasteiger partial charge in [-0.05, 0) is 17.5 Å². The molecule has 0 unspecified atom stereocenters. The van der Waals surface area contributed by atoms with Crippen LogP contribution in [0.4, 0.5) is 11.4 Å². The van der Waals surface area contributed by atoms with Gasteiger partial charge in [-0.3, -0.25) is 14.4 Å². The molecule has 1 aromatic rings. The van der Waals surface area contributed by atoms with Crippen molar-refractivity contribution in [1.29, 1.82) is 0 Å². The van der Waals surface area contributed by atoms with Crippen molar-refractivity contribution in [2.75, 3.05) is 17.7 Å². The highest BCUT2D eigenvalue weighted by Crippen LogP contribution is 2.58. The summed E-state index contributed by atoms with van der Waals surface area (Å²) in [6.07, 6.45) is 0. The van der Waals surface area contributed by atoms with Crippen LogP contribution in [-0.4, -0.2) is 30.0 Å². The molecule has 1 saturated carbocycles. The quantitative estimate of drug-likeness (QED) is 0.733. The molecule has 0 aliphatic heterocycles. The molecule has 0 aromatic heterocycles.